The third kappa shape index (κ3) is 4.40. The zero-order chi connectivity index (χ0) is 18.4. The maximum absolute atomic E-state index is 12.4. The van der Waals surface area contributed by atoms with Gasteiger partial charge in [0.15, 0.2) is 0 Å². The van der Waals surface area contributed by atoms with Crippen LogP contribution in [0.4, 0.5) is 0 Å². The van der Waals surface area contributed by atoms with Crippen molar-refractivity contribution in [1.82, 2.24) is 20.4 Å². The van der Waals surface area contributed by atoms with Crippen molar-refractivity contribution in [2.24, 2.45) is 0 Å². The van der Waals surface area contributed by atoms with Gasteiger partial charge in [0, 0.05) is 37.5 Å². The van der Waals surface area contributed by atoms with Crippen molar-refractivity contribution in [1.29, 1.82) is 0 Å². The van der Waals surface area contributed by atoms with Crippen LogP contribution in [0.3, 0.4) is 0 Å². The van der Waals surface area contributed by atoms with Crippen molar-refractivity contribution >= 4 is 5.91 Å². The van der Waals surface area contributed by atoms with Crippen LogP contribution in [0.1, 0.15) is 31.6 Å². The number of rotatable bonds is 8. The molecule has 1 unspecified atom stereocenters. The Bertz CT molecular complexity index is 714. The monoisotopic (exact) mass is 358 g/mol. The van der Waals surface area contributed by atoms with Gasteiger partial charge in [0.05, 0.1) is 7.11 Å². The van der Waals surface area contributed by atoms with Gasteiger partial charge in [0.2, 0.25) is 17.6 Å². The summed E-state index contributed by atoms with van der Waals surface area (Å²) in [5.41, 5.74) is 0.879. The van der Waals surface area contributed by atoms with E-state index in [0.717, 1.165) is 37.2 Å². The van der Waals surface area contributed by atoms with Gasteiger partial charge < -0.3 is 19.5 Å². The molecular formula is C19H26N4O3. The number of hydrogen-bond donors (Lipinski definition) is 1. The molecule has 1 N–H and O–H groups in total. The molecule has 1 aromatic carbocycles. The number of amides is 1. The van der Waals surface area contributed by atoms with E-state index in [1.165, 1.54) is 0 Å². The summed E-state index contributed by atoms with van der Waals surface area (Å²) in [5, 5.41) is 7.19. The minimum atomic E-state index is 0.220. The Labute approximate surface area is 153 Å². The van der Waals surface area contributed by atoms with Crippen LogP contribution >= 0.6 is 0 Å². The number of aryl methyl sites for hydroxylation is 1. The number of nitrogens with one attached hydrogen (secondary N) is 1. The standard InChI is InChI=1S/C19H26N4O3/c1-20-13-15-5-4-12-23(15)18(24)7-3-6-17-21-19(22-26-17)14-8-10-16(25-2)11-9-14/h8-11,15,20H,3-7,12-13H2,1-2H3. The van der Waals surface area contributed by atoms with E-state index in [0.29, 0.717) is 37.0 Å². The molecule has 0 aliphatic carbocycles. The normalized spacial score (nSPS) is 16.8. The lowest BCUT2D eigenvalue weighted by Crippen LogP contribution is -2.40. The SMILES string of the molecule is CNCC1CCCN1C(=O)CCCc1nc(-c2ccc(OC)cc2)no1. The van der Waals surface area contributed by atoms with E-state index in [-0.39, 0.29) is 5.91 Å². The number of nitrogens with zero attached hydrogens (tertiary/aromatic N) is 3. The molecule has 1 saturated heterocycles. The summed E-state index contributed by atoms with van der Waals surface area (Å²) in [6.45, 7) is 1.73. The van der Waals surface area contributed by atoms with Crippen LogP contribution in [0.15, 0.2) is 28.8 Å². The predicted octanol–water partition coefficient (Wildman–Crippen LogP) is 2.28. The number of hydrogen-bond acceptors (Lipinski definition) is 6. The topological polar surface area (TPSA) is 80.5 Å². The number of likely N-dealkylation sites (N-methyl/N-ethyl adjacent to an activating group) is 1. The zero-order valence-corrected chi connectivity index (χ0v) is 15.4. The highest BCUT2D eigenvalue weighted by atomic mass is 16.5. The Morgan fingerprint density at radius 3 is 2.92 bits per heavy atom. The van der Waals surface area contributed by atoms with E-state index < -0.39 is 0 Å². The fourth-order valence-corrected chi connectivity index (χ4v) is 3.36. The number of carbonyl (C=O) groups is 1. The predicted molar refractivity (Wildman–Crippen MR) is 97.9 cm³/mol. The van der Waals surface area contributed by atoms with Crippen LogP contribution in [0.25, 0.3) is 11.4 Å². The van der Waals surface area contributed by atoms with Crippen LogP contribution in [-0.2, 0) is 11.2 Å². The lowest BCUT2D eigenvalue weighted by atomic mass is 10.2. The second-order valence-electron chi connectivity index (χ2n) is 6.53. The second-order valence-corrected chi connectivity index (χ2v) is 6.53. The first kappa shape index (κ1) is 18.4. The molecule has 1 fully saturated rings. The van der Waals surface area contributed by atoms with Gasteiger partial charge in [-0.15, -0.1) is 0 Å². The lowest BCUT2D eigenvalue weighted by Gasteiger charge is -2.24. The number of aromatic nitrogens is 2. The van der Waals surface area contributed by atoms with Gasteiger partial charge in [0.25, 0.3) is 0 Å². The van der Waals surface area contributed by atoms with Crippen molar-refractivity contribution < 1.29 is 14.1 Å². The van der Waals surface area contributed by atoms with E-state index in [2.05, 4.69) is 15.5 Å². The molecule has 0 bridgehead atoms. The summed E-state index contributed by atoms with van der Waals surface area (Å²) >= 11 is 0. The van der Waals surface area contributed by atoms with Crippen molar-refractivity contribution in [2.75, 3.05) is 27.2 Å². The molecule has 1 atom stereocenters. The molecule has 7 nitrogen and oxygen atoms in total. The Kier molecular flexibility index (Phi) is 6.22. The molecule has 0 spiro atoms. The van der Waals surface area contributed by atoms with E-state index in [4.69, 9.17) is 9.26 Å². The van der Waals surface area contributed by atoms with Gasteiger partial charge in [-0.25, -0.2) is 0 Å². The molecule has 3 rings (SSSR count). The second kappa shape index (κ2) is 8.80. The van der Waals surface area contributed by atoms with Crippen LogP contribution in [-0.4, -0.2) is 54.2 Å². The number of carbonyl (C=O) groups excluding carboxylic acids is 1. The molecule has 1 aromatic heterocycles. The van der Waals surface area contributed by atoms with E-state index >= 15 is 0 Å². The molecular weight excluding hydrogens is 332 g/mol. The van der Waals surface area contributed by atoms with E-state index in [1.807, 2.05) is 36.2 Å². The zero-order valence-electron chi connectivity index (χ0n) is 15.4. The minimum absolute atomic E-state index is 0.220. The maximum atomic E-state index is 12.4. The molecule has 1 amide bonds. The first-order valence-electron chi connectivity index (χ1n) is 9.12. The summed E-state index contributed by atoms with van der Waals surface area (Å²) in [6.07, 6.45) is 4.01. The Balaban J connectivity index is 1.49. The van der Waals surface area contributed by atoms with Gasteiger partial charge in [-0.3, -0.25) is 4.79 Å². The first-order chi connectivity index (χ1) is 12.7. The van der Waals surface area contributed by atoms with Gasteiger partial charge in [-0.05, 0) is 50.6 Å². The molecule has 2 heterocycles. The van der Waals surface area contributed by atoms with Crippen LogP contribution in [0.5, 0.6) is 5.75 Å². The highest BCUT2D eigenvalue weighted by molar-refractivity contribution is 5.76. The fraction of sp³-hybridized carbons (Fsp3) is 0.526. The Hall–Kier alpha value is -2.41. The quantitative estimate of drug-likeness (QED) is 0.780. The summed E-state index contributed by atoms with van der Waals surface area (Å²) in [7, 11) is 3.56. The number of benzene rings is 1. The van der Waals surface area contributed by atoms with Gasteiger partial charge in [-0.1, -0.05) is 5.16 Å². The molecule has 26 heavy (non-hydrogen) atoms. The molecule has 1 aliphatic heterocycles. The highest BCUT2D eigenvalue weighted by Crippen LogP contribution is 2.21. The summed E-state index contributed by atoms with van der Waals surface area (Å²) in [6, 6.07) is 7.85. The number of methoxy groups -OCH3 is 1. The Morgan fingerprint density at radius 1 is 1.38 bits per heavy atom. The fourth-order valence-electron chi connectivity index (χ4n) is 3.36. The third-order valence-electron chi connectivity index (χ3n) is 4.73. The number of ether oxygens (including phenoxy) is 1. The smallest absolute Gasteiger partial charge is 0.226 e. The average molecular weight is 358 g/mol. The number of likely N-dealkylation sites (tertiary alicyclic amines) is 1. The van der Waals surface area contributed by atoms with Crippen LogP contribution in [0.2, 0.25) is 0 Å². The van der Waals surface area contributed by atoms with Crippen molar-refractivity contribution in [3.8, 4) is 17.1 Å². The molecule has 2 aromatic rings. The van der Waals surface area contributed by atoms with Gasteiger partial charge in [0.1, 0.15) is 5.75 Å². The maximum Gasteiger partial charge on any atom is 0.226 e. The average Bonchev–Trinajstić information content (AvgIpc) is 3.32. The molecule has 0 radical (unpaired) electrons. The Morgan fingerprint density at radius 2 is 2.19 bits per heavy atom. The molecule has 1 aliphatic rings. The molecule has 7 heteroatoms. The van der Waals surface area contributed by atoms with Gasteiger partial charge in [-0.2, -0.15) is 4.98 Å². The van der Waals surface area contributed by atoms with E-state index in [1.54, 1.807) is 7.11 Å². The highest BCUT2D eigenvalue weighted by Gasteiger charge is 2.27. The van der Waals surface area contributed by atoms with Crippen molar-refractivity contribution in [2.45, 2.75) is 38.1 Å². The summed E-state index contributed by atoms with van der Waals surface area (Å²) < 4.78 is 10.5. The summed E-state index contributed by atoms with van der Waals surface area (Å²) in [4.78, 5) is 18.9. The van der Waals surface area contributed by atoms with Crippen LogP contribution in [0, 0.1) is 0 Å². The largest absolute Gasteiger partial charge is 0.497 e. The minimum Gasteiger partial charge on any atom is -0.497 e. The first-order valence-corrected chi connectivity index (χ1v) is 9.12. The summed E-state index contributed by atoms with van der Waals surface area (Å²) in [5.74, 6) is 2.13. The molecule has 0 saturated carbocycles. The lowest BCUT2D eigenvalue weighted by molar-refractivity contribution is -0.132. The van der Waals surface area contributed by atoms with Crippen molar-refractivity contribution in [3.05, 3.63) is 30.2 Å². The van der Waals surface area contributed by atoms with Crippen molar-refractivity contribution in [3.63, 3.8) is 0 Å². The third-order valence-corrected chi connectivity index (χ3v) is 4.73. The van der Waals surface area contributed by atoms with E-state index in [9.17, 15) is 4.79 Å². The van der Waals surface area contributed by atoms with Crippen LogP contribution < -0.4 is 10.1 Å². The van der Waals surface area contributed by atoms with Gasteiger partial charge >= 0.3 is 0 Å². The molecule has 140 valence electrons.